The van der Waals surface area contributed by atoms with Crippen molar-refractivity contribution in [1.29, 1.82) is 0 Å². The summed E-state index contributed by atoms with van der Waals surface area (Å²) in [5.74, 6) is -1.19. The van der Waals surface area contributed by atoms with Crippen LogP contribution < -0.4 is 0 Å². The van der Waals surface area contributed by atoms with E-state index in [1.807, 2.05) is 6.92 Å². The Balaban J connectivity index is 3.17. The van der Waals surface area contributed by atoms with Crippen LogP contribution in [0.25, 0.3) is 0 Å². The average molecular weight is 210 g/mol. The lowest BCUT2D eigenvalue weighted by Gasteiger charge is -2.41. The van der Waals surface area contributed by atoms with Gasteiger partial charge in [-0.2, -0.15) is 0 Å². The van der Waals surface area contributed by atoms with Gasteiger partial charge in [0.15, 0.2) is 0 Å². The van der Waals surface area contributed by atoms with E-state index >= 15 is 0 Å². The number of allylic oxidation sites excluding steroid dienone is 2. The van der Waals surface area contributed by atoms with Crippen molar-refractivity contribution in [1.82, 2.24) is 0 Å². The molecular formula is C12H18O3. The van der Waals surface area contributed by atoms with Gasteiger partial charge in [-0.3, -0.25) is 0 Å². The molecule has 0 saturated heterocycles. The summed E-state index contributed by atoms with van der Waals surface area (Å²) < 4.78 is 0. The van der Waals surface area contributed by atoms with Gasteiger partial charge in [0, 0.05) is 0 Å². The van der Waals surface area contributed by atoms with E-state index in [9.17, 15) is 9.90 Å². The zero-order chi connectivity index (χ0) is 11.9. The van der Waals surface area contributed by atoms with Crippen molar-refractivity contribution in [3.05, 3.63) is 23.5 Å². The Labute approximate surface area is 90.1 Å². The number of rotatable bonds is 1. The number of hydrogen-bond acceptors (Lipinski definition) is 2. The maximum atomic E-state index is 10.9. The molecule has 15 heavy (non-hydrogen) atoms. The molecule has 2 N–H and O–H groups in total. The molecule has 1 rings (SSSR count). The monoisotopic (exact) mass is 210 g/mol. The van der Waals surface area contributed by atoms with Crippen LogP contribution in [0, 0.1) is 10.8 Å². The molecule has 0 aliphatic heterocycles. The second-order valence-electron chi connectivity index (χ2n) is 5.32. The van der Waals surface area contributed by atoms with Crippen molar-refractivity contribution in [2.24, 2.45) is 10.8 Å². The minimum absolute atomic E-state index is 0.0127. The molecule has 0 aromatic rings. The van der Waals surface area contributed by atoms with Crippen LogP contribution in [-0.4, -0.2) is 16.2 Å². The van der Waals surface area contributed by atoms with Gasteiger partial charge in [0.25, 0.3) is 0 Å². The Morgan fingerprint density at radius 1 is 1.47 bits per heavy atom. The van der Waals surface area contributed by atoms with Crippen molar-refractivity contribution in [3.63, 3.8) is 0 Å². The lowest BCUT2D eigenvalue weighted by Crippen LogP contribution is -2.33. The first kappa shape index (κ1) is 11.8. The average Bonchev–Trinajstić information content (AvgIpc) is 2.07. The SMILES string of the molecule is CC(C)(C)C1(C)C=C(C(=O)O)C(O)=CC1. The highest BCUT2D eigenvalue weighted by Gasteiger charge is 2.38. The number of aliphatic hydroxyl groups is 1. The van der Waals surface area contributed by atoms with Gasteiger partial charge < -0.3 is 10.2 Å². The van der Waals surface area contributed by atoms with Crippen LogP contribution in [0.1, 0.15) is 34.1 Å². The fraction of sp³-hybridized carbons (Fsp3) is 0.583. The molecule has 1 aliphatic carbocycles. The van der Waals surface area contributed by atoms with Crippen LogP contribution in [0.5, 0.6) is 0 Å². The number of aliphatic hydroxyl groups excluding tert-OH is 1. The molecule has 1 unspecified atom stereocenters. The van der Waals surface area contributed by atoms with Gasteiger partial charge in [0.1, 0.15) is 5.76 Å². The summed E-state index contributed by atoms with van der Waals surface area (Å²) in [5.41, 5.74) is -0.253. The van der Waals surface area contributed by atoms with Gasteiger partial charge in [-0.05, 0) is 23.3 Å². The third kappa shape index (κ3) is 2.06. The summed E-state index contributed by atoms with van der Waals surface area (Å²) >= 11 is 0. The van der Waals surface area contributed by atoms with E-state index < -0.39 is 5.97 Å². The molecule has 0 bridgehead atoms. The van der Waals surface area contributed by atoms with Crippen molar-refractivity contribution in [2.45, 2.75) is 34.1 Å². The summed E-state index contributed by atoms with van der Waals surface area (Å²) in [5, 5.41) is 18.4. The summed E-state index contributed by atoms with van der Waals surface area (Å²) in [6.45, 7) is 8.22. The first-order chi connectivity index (χ1) is 6.67. The Morgan fingerprint density at radius 2 is 2.00 bits per heavy atom. The zero-order valence-electron chi connectivity index (χ0n) is 9.66. The minimum Gasteiger partial charge on any atom is -0.507 e. The topological polar surface area (TPSA) is 57.5 Å². The van der Waals surface area contributed by atoms with Gasteiger partial charge in [0.05, 0.1) is 5.57 Å². The lowest BCUT2D eigenvalue weighted by atomic mass is 9.63. The molecule has 0 aromatic carbocycles. The van der Waals surface area contributed by atoms with E-state index in [1.54, 1.807) is 12.2 Å². The Kier molecular flexibility index (Phi) is 2.68. The van der Waals surface area contributed by atoms with E-state index in [4.69, 9.17) is 5.11 Å². The highest BCUT2D eigenvalue weighted by Crippen LogP contribution is 2.46. The zero-order valence-corrected chi connectivity index (χ0v) is 9.66. The maximum absolute atomic E-state index is 10.9. The molecule has 0 aromatic heterocycles. The second kappa shape index (κ2) is 3.40. The first-order valence-electron chi connectivity index (χ1n) is 5.03. The van der Waals surface area contributed by atoms with Crippen LogP contribution in [-0.2, 0) is 4.79 Å². The van der Waals surface area contributed by atoms with E-state index in [2.05, 4.69) is 20.8 Å². The minimum atomic E-state index is -1.07. The summed E-state index contributed by atoms with van der Waals surface area (Å²) in [4.78, 5) is 10.9. The molecule has 0 radical (unpaired) electrons. The number of hydrogen-bond donors (Lipinski definition) is 2. The van der Waals surface area contributed by atoms with E-state index in [-0.39, 0.29) is 22.2 Å². The molecule has 0 fully saturated rings. The van der Waals surface area contributed by atoms with Crippen LogP contribution in [0.3, 0.4) is 0 Å². The molecule has 0 amide bonds. The predicted molar refractivity (Wildman–Crippen MR) is 58.6 cm³/mol. The van der Waals surface area contributed by atoms with Gasteiger partial charge >= 0.3 is 5.97 Å². The Morgan fingerprint density at radius 3 is 2.40 bits per heavy atom. The number of carboxylic acid groups (broad SMARTS) is 1. The van der Waals surface area contributed by atoms with E-state index in [1.165, 1.54) is 0 Å². The summed E-state index contributed by atoms with van der Waals surface area (Å²) in [6, 6.07) is 0. The number of carbonyl (C=O) groups is 1. The molecule has 0 saturated carbocycles. The number of carboxylic acids is 1. The normalized spacial score (nSPS) is 26.9. The molecule has 3 heteroatoms. The van der Waals surface area contributed by atoms with Gasteiger partial charge in [-0.25, -0.2) is 4.79 Å². The largest absolute Gasteiger partial charge is 0.507 e. The number of aliphatic carboxylic acids is 1. The van der Waals surface area contributed by atoms with E-state index in [0.717, 1.165) is 0 Å². The summed E-state index contributed by atoms with van der Waals surface area (Å²) in [6.07, 6.45) is 3.93. The molecule has 3 nitrogen and oxygen atoms in total. The molecule has 84 valence electrons. The Hall–Kier alpha value is -1.25. The third-order valence-electron chi connectivity index (χ3n) is 3.40. The molecule has 0 heterocycles. The van der Waals surface area contributed by atoms with Crippen molar-refractivity contribution in [2.75, 3.05) is 0 Å². The van der Waals surface area contributed by atoms with Crippen LogP contribution in [0.2, 0.25) is 0 Å². The third-order valence-corrected chi connectivity index (χ3v) is 3.40. The Bertz CT molecular complexity index is 344. The standard InChI is InChI=1S/C12H18O3/c1-11(2,3)12(4)6-5-9(13)8(7-12)10(14)15/h5,7,13H,6H2,1-4H3,(H,14,15). The van der Waals surface area contributed by atoms with Gasteiger partial charge in [-0.1, -0.05) is 33.8 Å². The molecule has 1 aliphatic rings. The fourth-order valence-corrected chi connectivity index (χ4v) is 1.56. The summed E-state index contributed by atoms with van der Waals surface area (Å²) in [7, 11) is 0. The smallest absolute Gasteiger partial charge is 0.339 e. The van der Waals surface area contributed by atoms with Gasteiger partial charge in [-0.15, -0.1) is 0 Å². The van der Waals surface area contributed by atoms with E-state index in [0.29, 0.717) is 6.42 Å². The second-order valence-corrected chi connectivity index (χ2v) is 5.32. The predicted octanol–water partition coefficient (Wildman–Crippen LogP) is 2.90. The first-order valence-corrected chi connectivity index (χ1v) is 5.03. The lowest BCUT2D eigenvalue weighted by molar-refractivity contribution is -0.132. The van der Waals surface area contributed by atoms with Crippen molar-refractivity contribution >= 4 is 5.97 Å². The van der Waals surface area contributed by atoms with Crippen molar-refractivity contribution in [3.8, 4) is 0 Å². The van der Waals surface area contributed by atoms with Crippen LogP contribution in [0.4, 0.5) is 0 Å². The molecule has 0 spiro atoms. The highest BCUT2D eigenvalue weighted by molar-refractivity contribution is 5.91. The molecule has 1 atom stereocenters. The maximum Gasteiger partial charge on any atom is 0.339 e. The van der Waals surface area contributed by atoms with Crippen LogP contribution >= 0.6 is 0 Å². The molecular weight excluding hydrogens is 192 g/mol. The quantitative estimate of drug-likeness (QED) is 0.699. The van der Waals surface area contributed by atoms with Crippen molar-refractivity contribution < 1.29 is 15.0 Å². The van der Waals surface area contributed by atoms with Crippen LogP contribution in [0.15, 0.2) is 23.5 Å². The fourth-order valence-electron chi connectivity index (χ4n) is 1.56. The highest BCUT2D eigenvalue weighted by atomic mass is 16.4. The van der Waals surface area contributed by atoms with Gasteiger partial charge in [0.2, 0.25) is 0 Å².